The van der Waals surface area contributed by atoms with E-state index >= 15 is 0 Å². The van der Waals surface area contributed by atoms with Crippen LogP contribution < -0.4 is 4.90 Å². The fourth-order valence-corrected chi connectivity index (χ4v) is 1.54. The summed E-state index contributed by atoms with van der Waals surface area (Å²) in [4.78, 5) is 12.6. The first-order valence-corrected chi connectivity index (χ1v) is 4.95. The molecule has 0 aliphatic rings. The lowest BCUT2D eigenvalue weighted by Gasteiger charge is -2.24. The number of hydrogen-bond acceptors (Lipinski definition) is 2. The molecule has 1 unspecified atom stereocenters. The molecule has 0 bridgehead atoms. The van der Waals surface area contributed by atoms with Gasteiger partial charge in [0.15, 0.2) is 0 Å². The maximum absolute atomic E-state index is 10.8. The number of likely N-dealkylation sites (N-methyl/N-ethyl adjacent to an activating group) is 1. The van der Waals surface area contributed by atoms with E-state index in [0.717, 1.165) is 16.8 Å². The summed E-state index contributed by atoms with van der Waals surface area (Å²) in [5.41, 5.74) is 3.24. The standard InChI is InChI=1S/C12H17NO2/c1-8-5-9(2)7-11(6-8)13(4)10(3)12(14)15/h5-7,10H,1-4H3,(H,14,15). The predicted octanol–water partition coefficient (Wildman–Crippen LogP) is 2.21. The van der Waals surface area contributed by atoms with Gasteiger partial charge in [-0.15, -0.1) is 0 Å². The third kappa shape index (κ3) is 2.72. The van der Waals surface area contributed by atoms with Crippen LogP contribution >= 0.6 is 0 Å². The van der Waals surface area contributed by atoms with Crippen molar-refractivity contribution in [1.29, 1.82) is 0 Å². The SMILES string of the molecule is Cc1cc(C)cc(N(C)C(C)C(=O)O)c1. The molecule has 0 heterocycles. The molecule has 1 rings (SSSR count). The third-order valence-corrected chi connectivity index (χ3v) is 2.55. The molecule has 1 aromatic carbocycles. The van der Waals surface area contributed by atoms with Gasteiger partial charge < -0.3 is 10.0 Å². The topological polar surface area (TPSA) is 40.5 Å². The van der Waals surface area contributed by atoms with Crippen LogP contribution in [0.5, 0.6) is 0 Å². The molecular formula is C12H17NO2. The second-order valence-corrected chi connectivity index (χ2v) is 3.97. The van der Waals surface area contributed by atoms with E-state index in [1.807, 2.05) is 26.0 Å². The van der Waals surface area contributed by atoms with E-state index in [-0.39, 0.29) is 0 Å². The second-order valence-electron chi connectivity index (χ2n) is 3.97. The minimum atomic E-state index is -0.809. The maximum atomic E-state index is 10.8. The quantitative estimate of drug-likeness (QED) is 0.826. The van der Waals surface area contributed by atoms with Crippen LogP contribution in [0, 0.1) is 13.8 Å². The Morgan fingerprint density at radius 1 is 1.27 bits per heavy atom. The van der Waals surface area contributed by atoms with Crippen LogP contribution in [0.2, 0.25) is 0 Å². The Bertz CT molecular complexity index is 354. The first kappa shape index (κ1) is 11.6. The summed E-state index contributed by atoms with van der Waals surface area (Å²) in [5.74, 6) is -0.809. The first-order valence-electron chi connectivity index (χ1n) is 4.95. The lowest BCUT2D eigenvalue weighted by Crippen LogP contribution is -2.35. The number of nitrogens with zero attached hydrogens (tertiary/aromatic N) is 1. The fourth-order valence-electron chi connectivity index (χ4n) is 1.54. The highest BCUT2D eigenvalue weighted by atomic mass is 16.4. The summed E-state index contributed by atoms with van der Waals surface area (Å²) >= 11 is 0. The number of aryl methyl sites for hydroxylation is 2. The van der Waals surface area contributed by atoms with E-state index in [0.29, 0.717) is 0 Å². The smallest absolute Gasteiger partial charge is 0.326 e. The van der Waals surface area contributed by atoms with Crippen LogP contribution in [0.1, 0.15) is 18.1 Å². The normalized spacial score (nSPS) is 12.3. The van der Waals surface area contributed by atoms with Gasteiger partial charge in [-0.2, -0.15) is 0 Å². The zero-order chi connectivity index (χ0) is 11.6. The second kappa shape index (κ2) is 4.34. The summed E-state index contributed by atoms with van der Waals surface area (Å²) in [6.07, 6.45) is 0. The highest BCUT2D eigenvalue weighted by molar-refractivity contribution is 5.77. The number of aliphatic carboxylic acids is 1. The molecule has 1 aromatic rings. The van der Waals surface area contributed by atoms with Crippen molar-refractivity contribution >= 4 is 11.7 Å². The van der Waals surface area contributed by atoms with E-state index in [1.54, 1.807) is 18.9 Å². The number of anilines is 1. The lowest BCUT2D eigenvalue weighted by molar-refractivity contribution is -0.138. The molecule has 0 saturated heterocycles. The van der Waals surface area contributed by atoms with Crippen LogP contribution in [0.4, 0.5) is 5.69 Å². The average molecular weight is 207 g/mol. The fraction of sp³-hybridized carbons (Fsp3) is 0.417. The molecule has 3 nitrogen and oxygen atoms in total. The summed E-state index contributed by atoms with van der Waals surface area (Å²) in [7, 11) is 1.80. The van der Waals surface area contributed by atoms with Crippen molar-refractivity contribution in [1.82, 2.24) is 0 Å². The summed E-state index contributed by atoms with van der Waals surface area (Å²) in [5, 5.41) is 8.91. The van der Waals surface area contributed by atoms with Gasteiger partial charge in [0.1, 0.15) is 6.04 Å². The van der Waals surface area contributed by atoms with E-state index < -0.39 is 12.0 Å². The summed E-state index contributed by atoms with van der Waals surface area (Å²) in [6, 6.07) is 5.55. The van der Waals surface area contributed by atoms with Crippen molar-refractivity contribution in [3.8, 4) is 0 Å². The zero-order valence-corrected chi connectivity index (χ0v) is 9.61. The van der Waals surface area contributed by atoms with Crippen molar-refractivity contribution < 1.29 is 9.90 Å². The van der Waals surface area contributed by atoms with Gasteiger partial charge in [-0.05, 0) is 44.0 Å². The van der Waals surface area contributed by atoms with E-state index in [2.05, 4.69) is 6.07 Å². The number of hydrogen-bond donors (Lipinski definition) is 1. The Balaban J connectivity index is 3.00. The van der Waals surface area contributed by atoms with Crippen LogP contribution in [-0.4, -0.2) is 24.2 Å². The molecular weight excluding hydrogens is 190 g/mol. The number of carboxylic acids is 1. The molecule has 1 atom stereocenters. The van der Waals surface area contributed by atoms with Crippen LogP contribution in [0.25, 0.3) is 0 Å². The van der Waals surface area contributed by atoms with Gasteiger partial charge in [-0.1, -0.05) is 6.07 Å². The maximum Gasteiger partial charge on any atom is 0.326 e. The Kier molecular flexibility index (Phi) is 3.35. The Morgan fingerprint density at radius 3 is 2.13 bits per heavy atom. The van der Waals surface area contributed by atoms with Gasteiger partial charge in [-0.25, -0.2) is 4.79 Å². The Morgan fingerprint density at radius 2 is 1.73 bits per heavy atom. The van der Waals surface area contributed by atoms with Crippen molar-refractivity contribution in [2.24, 2.45) is 0 Å². The highest BCUT2D eigenvalue weighted by Crippen LogP contribution is 2.19. The van der Waals surface area contributed by atoms with Crippen LogP contribution in [0.3, 0.4) is 0 Å². The highest BCUT2D eigenvalue weighted by Gasteiger charge is 2.17. The van der Waals surface area contributed by atoms with E-state index in [1.165, 1.54) is 0 Å². The lowest BCUT2D eigenvalue weighted by atomic mass is 10.1. The molecule has 0 aliphatic carbocycles. The number of rotatable bonds is 3. The number of benzene rings is 1. The first-order chi connectivity index (χ1) is 6.91. The number of carboxylic acid groups (broad SMARTS) is 1. The molecule has 0 spiro atoms. The molecule has 0 aromatic heterocycles. The number of carbonyl (C=O) groups is 1. The molecule has 82 valence electrons. The van der Waals surface area contributed by atoms with Gasteiger partial charge in [0.2, 0.25) is 0 Å². The van der Waals surface area contributed by atoms with Crippen molar-refractivity contribution in [2.75, 3.05) is 11.9 Å². The van der Waals surface area contributed by atoms with Crippen molar-refractivity contribution in [3.63, 3.8) is 0 Å². The average Bonchev–Trinajstić information content (AvgIpc) is 2.13. The monoisotopic (exact) mass is 207 g/mol. The predicted molar refractivity (Wildman–Crippen MR) is 61.4 cm³/mol. The van der Waals surface area contributed by atoms with Crippen molar-refractivity contribution in [3.05, 3.63) is 29.3 Å². The molecule has 0 aliphatic heterocycles. The summed E-state index contributed by atoms with van der Waals surface area (Å²) < 4.78 is 0. The molecule has 15 heavy (non-hydrogen) atoms. The molecule has 0 fully saturated rings. The molecule has 0 amide bonds. The van der Waals surface area contributed by atoms with Gasteiger partial charge in [0, 0.05) is 12.7 Å². The van der Waals surface area contributed by atoms with Gasteiger partial charge in [-0.3, -0.25) is 0 Å². The van der Waals surface area contributed by atoms with Gasteiger partial charge in [0.05, 0.1) is 0 Å². The third-order valence-electron chi connectivity index (χ3n) is 2.55. The summed E-state index contributed by atoms with van der Waals surface area (Å²) in [6.45, 7) is 5.70. The minimum Gasteiger partial charge on any atom is -0.480 e. The van der Waals surface area contributed by atoms with E-state index in [4.69, 9.17) is 5.11 Å². The van der Waals surface area contributed by atoms with Crippen LogP contribution in [0.15, 0.2) is 18.2 Å². The van der Waals surface area contributed by atoms with Gasteiger partial charge >= 0.3 is 5.97 Å². The van der Waals surface area contributed by atoms with Crippen LogP contribution in [-0.2, 0) is 4.79 Å². The molecule has 0 saturated carbocycles. The van der Waals surface area contributed by atoms with E-state index in [9.17, 15) is 4.79 Å². The minimum absolute atomic E-state index is 0.508. The van der Waals surface area contributed by atoms with Crippen molar-refractivity contribution in [2.45, 2.75) is 26.8 Å². The molecule has 3 heteroatoms. The Hall–Kier alpha value is -1.51. The molecule has 1 N–H and O–H groups in total. The molecule has 0 radical (unpaired) electrons. The van der Waals surface area contributed by atoms with Gasteiger partial charge in [0.25, 0.3) is 0 Å². The Labute approximate surface area is 90.3 Å². The largest absolute Gasteiger partial charge is 0.480 e. The zero-order valence-electron chi connectivity index (χ0n) is 9.61.